The van der Waals surface area contributed by atoms with Crippen LogP contribution in [0.4, 0.5) is 13.2 Å². The molecule has 0 saturated carbocycles. The third-order valence-corrected chi connectivity index (χ3v) is 2.55. The molecule has 0 unspecified atom stereocenters. The monoisotopic (exact) mass is 218 g/mol. The Hall–Kier alpha value is -1.03. The van der Waals surface area contributed by atoms with Crippen molar-refractivity contribution >= 4 is 0 Å². The van der Waals surface area contributed by atoms with E-state index in [1.807, 2.05) is 0 Å². The Labute approximate surface area is 86.5 Å². The quantitative estimate of drug-likeness (QED) is 0.826. The Morgan fingerprint density at radius 1 is 1.20 bits per heavy atom. The highest BCUT2D eigenvalue weighted by atomic mass is 19.4. The van der Waals surface area contributed by atoms with E-state index >= 15 is 0 Å². The summed E-state index contributed by atoms with van der Waals surface area (Å²) in [5.74, 6) is -2.42. The Balaban J connectivity index is 2.88. The van der Waals surface area contributed by atoms with E-state index in [1.165, 1.54) is 6.92 Å². The molecule has 1 nitrogen and oxygen atoms in total. The van der Waals surface area contributed by atoms with Crippen molar-refractivity contribution in [3.63, 3.8) is 0 Å². The van der Waals surface area contributed by atoms with E-state index in [4.69, 9.17) is 5.11 Å². The third-order valence-electron chi connectivity index (χ3n) is 2.55. The molecule has 0 bridgehead atoms. The van der Waals surface area contributed by atoms with E-state index in [-0.39, 0.29) is 0 Å². The summed E-state index contributed by atoms with van der Waals surface area (Å²) in [6.45, 7) is 0.600. The Morgan fingerprint density at radius 2 is 1.73 bits per heavy atom. The van der Waals surface area contributed by atoms with Gasteiger partial charge in [-0.1, -0.05) is 37.3 Å². The van der Waals surface area contributed by atoms with Crippen LogP contribution in [-0.4, -0.2) is 17.9 Å². The predicted molar refractivity (Wildman–Crippen MR) is 51.5 cm³/mol. The molecule has 0 saturated heterocycles. The van der Waals surface area contributed by atoms with Gasteiger partial charge in [-0.2, -0.15) is 13.2 Å². The van der Waals surface area contributed by atoms with Crippen molar-refractivity contribution in [3.8, 4) is 0 Å². The molecule has 1 rings (SSSR count). The molecule has 0 aliphatic carbocycles. The van der Waals surface area contributed by atoms with Gasteiger partial charge >= 0.3 is 6.18 Å². The van der Waals surface area contributed by atoms with E-state index in [2.05, 4.69) is 0 Å². The standard InChI is InChI=1S/C11H13F3O/c1-8(9-5-3-2-4-6-9)10(7-15)11(12,13)14/h2-6,8,10,15H,7H2,1H3/t8-,10-/m1/s1. The largest absolute Gasteiger partial charge is 0.396 e. The van der Waals surface area contributed by atoms with E-state index in [0.29, 0.717) is 5.56 Å². The van der Waals surface area contributed by atoms with Crippen LogP contribution in [0.5, 0.6) is 0 Å². The lowest BCUT2D eigenvalue weighted by molar-refractivity contribution is -0.189. The number of hydrogen-bond acceptors (Lipinski definition) is 1. The summed E-state index contributed by atoms with van der Waals surface area (Å²) in [6.07, 6.45) is -4.36. The number of aliphatic hydroxyl groups is 1. The predicted octanol–water partition coefficient (Wildman–Crippen LogP) is 2.96. The van der Waals surface area contributed by atoms with Crippen molar-refractivity contribution in [1.82, 2.24) is 0 Å². The summed E-state index contributed by atoms with van der Waals surface area (Å²) in [5.41, 5.74) is 0.592. The lowest BCUT2D eigenvalue weighted by atomic mass is 9.88. The van der Waals surface area contributed by atoms with Gasteiger partial charge in [0, 0.05) is 0 Å². The number of aliphatic hydroxyl groups excluding tert-OH is 1. The molecule has 0 spiro atoms. The van der Waals surface area contributed by atoms with E-state index < -0.39 is 24.6 Å². The summed E-state index contributed by atoms with van der Waals surface area (Å²) < 4.78 is 37.5. The fourth-order valence-electron chi connectivity index (χ4n) is 1.53. The van der Waals surface area contributed by atoms with Gasteiger partial charge in [0.25, 0.3) is 0 Å². The maximum Gasteiger partial charge on any atom is 0.394 e. The van der Waals surface area contributed by atoms with E-state index in [1.54, 1.807) is 30.3 Å². The molecule has 4 heteroatoms. The van der Waals surface area contributed by atoms with Crippen LogP contribution in [0.1, 0.15) is 18.4 Å². The van der Waals surface area contributed by atoms with Crippen molar-refractivity contribution in [2.24, 2.45) is 5.92 Å². The second-order valence-corrected chi connectivity index (χ2v) is 3.53. The maximum atomic E-state index is 12.5. The molecule has 1 N–H and O–H groups in total. The molecule has 0 aliphatic rings. The molecule has 84 valence electrons. The molecule has 0 aliphatic heterocycles. The van der Waals surface area contributed by atoms with Crippen LogP contribution < -0.4 is 0 Å². The first-order chi connectivity index (χ1) is 6.96. The van der Waals surface area contributed by atoms with Gasteiger partial charge in [-0.25, -0.2) is 0 Å². The average Bonchev–Trinajstić information content (AvgIpc) is 2.18. The first-order valence-corrected chi connectivity index (χ1v) is 4.69. The van der Waals surface area contributed by atoms with Gasteiger partial charge in [-0.15, -0.1) is 0 Å². The van der Waals surface area contributed by atoms with Gasteiger partial charge in [0.15, 0.2) is 0 Å². The van der Waals surface area contributed by atoms with Crippen LogP contribution in [0, 0.1) is 5.92 Å². The van der Waals surface area contributed by atoms with Crippen LogP contribution in [0.25, 0.3) is 0 Å². The molecular formula is C11H13F3O. The van der Waals surface area contributed by atoms with Crippen LogP contribution >= 0.6 is 0 Å². The fourth-order valence-corrected chi connectivity index (χ4v) is 1.53. The van der Waals surface area contributed by atoms with Crippen LogP contribution in [0.2, 0.25) is 0 Å². The summed E-state index contributed by atoms with van der Waals surface area (Å²) >= 11 is 0. The molecule has 0 fully saturated rings. The second-order valence-electron chi connectivity index (χ2n) is 3.53. The number of benzene rings is 1. The maximum absolute atomic E-state index is 12.5. The minimum Gasteiger partial charge on any atom is -0.396 e. The third kappa shape index (κ3) is 2.96. The van der Waals surface area contributed by atoms with Crippen molar-refractivity contribution in [2.45, 2.75) is 19.0 Å². The average molecular weight is 218 g/mol. The Morgan fingerprint density at radius 3 is 2.13 bits per heavy atom. The summed E-state index contributed by atoms with van der Waals surface area (Å²) in [7, 11) is 0. The van der Waals surface area contributed by atoms with Crippen LogP contribution in [0.3, 0.4) is 0 Å². The highest BCUT2D eigenvalue weighted by molar-refractivity contribution is 5.20. The van der Waals surface area contributed by atoms with Gasteiger partial charge in [0.1, 0.15) is 0 Å². The zero-order valence-electron chi connectivity index (χ0n) is 8.33. The lowest BCUT2D eigenvalue weighted by Crippen LogP contribution is -2.30. The lowest BCUT2D eigenvalue weighted by Gasteiger charge is -2.24. The molecule has 0 amide bonds. The number of rotatable bonds is 3. The van der Waals surface area contributed by atoms with Gasteiger partial charge in [-0.3, -0.25) is 0 Å². The number of hydrogen-bond donors (Lipinski definition) is 1. The fraction of sp³-hybridized carbons (Fsp3) is 0.455. The summed E-state index contributed by atoms with van der Waals surface area (Å²) in [4.78, 5) is 0. The second kappa shape index (κ2) is 4.66. The minimum absolute atomic E-state index is 0.592. The van der Waals surface area contributed by atoms with Crippen LogP contribution in [0.15, 0.2) is 30.3 Å². The normalized spacial score (nSPS) is 16.1. The minimum atomic E-state index is -4.36. The smallest absolute Gasteiger partial charge is 0.394 e. The molecule has 2 atom stereocenters. The Bertz CT molecular complexity index is 294. The topological polar surface area (TPSA) is 20.2 Å². The van der Waals surface area contributed by atoms with Crippen LogP contribution in [-0.2, 0) is 0 Å². The molecule has 0 heterocycles. The number of halogens is 3. The summed E-state index contributed by atoms with van der Waals surface area (Å²) in [5, 5.41) is 8.77. The Kier molecular flexibility index (Phi) is 3.74. The zero-order valence-corrected chi connectivity index (χ0v) is 8.33. The van der Waals surface area contributed by atoms with Crippen molar-refractivity contribution in [2.75, 3.05) is 6.61 Å². The van der Waals surface area contributed by atoms with Gasteiger partial charge in [0.2, 0.25) is 0 Å². The molecule has 1 aromatic carbocycles. The number of alkyl halides is 3. The van der Waals surface area contributed by atoms with Gasteiger partial charge in [-0.05, 0) is 11.5 Å². The molecular weight excluding hydrogens is 205 g/mol. The first-order valence-electron chi connectivity index (χ1n) is 4.69. The molecule has 1 aromatic rings. The molecule has 0 radical (unpaired) electrons. The van der Waals surface area contributed by atoms with Crippen molar-refractivity contribution < 1.29 is 18.3 Å². The van der Waals surface area contributed by atoms with Gasteiger partial charge in [0.05, 0.1) is 12.5 Å². The van der Waals surface area contributed by atoms with E-state index in [0.717, 1.165) is 0 Å². The highest BCUT2D eigenvalue weighted by Crippen LogP contribution is 2.36. The highest BCUT2D eigenvalue weighted by Gasteiger charge is 2.42. The molecule has 0 aromatic heterocycles. The van der Waals surface area contributed by atoms with Crippen molar-refractivity contribution in [1.29, 1.82) is 0 Å². The SMILES string of the molecule is C[C@H](c1ccccc1)[C@@H](CO)C(F)(F)F. The van der Waals surface area contributed by atoms with E-state index in [9.17, 15) is 13.2 Å². The molecule has 15 heavy (non-hydrogen) atoms. The summed E-state index contributed by atoms with van der Waals surface area (Å²) in [6, 6.07) is 8.41. The zero-order chi connectivity index (χ0) is 11.5. The van der Waals surface area contributed by atoms with Gasteiger partial charge < -0.3 is 5.11 Å². The van der Waals surface area contributed by atoms with Crippen molar-refractivity contribution in [3.05, 3.63) is 35.9 Å². The first kappa shape index (κ1) is 12.0.